The monoisotopic (exact) mass is 197 g/mol. The maximum absolute atomic E-state index is 13.1. The third-order valence-corrected chi connectivity index (χ3v) is 1.62. The Labute approximate surface area is 79.3 Å². The summed E-state index contributed by atoms with van der Waals surface area (Å²) in [4.78, 5) is 10.3. The standard InChI is InChI=1S/C9H8FNO3/c10-7-4-2-1-3-6(7)8(11-14)5-9(12)13/h1-4,14H,5H2,(H,12,13)/b11-8-. The summed E-state index contributed by atoms with van der Waals surface area (Å²) in [7, 11) is 0. The van der Waals surface area contributed by atoms with Gasteiger partial charge in [-0.15, -0.1) is 0 Å². The van der Waals surface area contributed by atoms with Crippen LogP contribution in [0.2, 0.25) is 0 Å². The number of oxime groups is 1. The Morgan fingerprint density at radius 2 is 2.07 bits per heavy atom. The second-order valence-corrected chi connectivity index (χ2v) is 2.60. The van der Waals surface area contributed by atoms with Gasteiger partial charge < -0.3 is 10.3 Å². The first-order valence-corrected chi connectivity index (χ1v) is 3.82. The number of carbonyl (C=O) groups is 1. The number of hydrogen-bond acceptors (Lipinski definition) is 3. The summed E-state index contributed by atoms with van der Waals surface area (Å²) >= 11 is 0. The third kappa shape index (κ3) is 2.29. The lowest BCUT2D eigenvalue weighted by atomic mass is 10.1. The minimum Gasteiger partial charge on any atom is -0.481 e. The number of benzene rings is 1. The van der Waals surface area contributed by atoms with Crippen LogP contribution in [0.4, 0.5) is 4.39 Å². The highest BCUT2D eigenvalue weighted by molar-refractivity contribution is 6.08. The normalized spacial score (nSPS) is 11.4. The maximum Gasteiger partial charge on any atom is 0.309 e. The van der Waals surface area contributed by atoms with Gasteiger partial charge in [0, 0.05) is 5.56 Å². The summed E-state index contributed by atoms with van der Waals surface area (Å²) in [5.41, 5.74) is -0.201. The number of carboxylic acids is 1. The molecule has 0 aromatic heterocycles. The first-order valence-electron chi connectivity index (χ1n) is 3.82. The van der Waals surface area contributed by atoms with E-state index in [-0.39, 0.29) is 11.3 Å². The molecule has 0 aliphatic heterocycles. The van der Waals surface area contributed by atoms with E-state index in [1.165, 1.54) is 24.3 Å². The van der Waals surface area contributed by atoms with E-state index >= 15 is 0 Å². The van der Waals surface area contributed by atoms with Crippen LogP contribution in [0.1, 0.15) is 12.0 Å². The van der Waals surface area contributed by atoms with Gasteiger partial charge in [0.25, 0.3) is 0 Å². The highest BCUT2D eigenvalue weighted by Gasteiger charge is 2.12. The van der Waals surface area contributed by atoms with Crippen molar-refractivity contribution in [1.29, 1.82) is 0 Å². The first kappa shape index (κ1) is 10.2. The molecule has 2 N–H and O–H groups in total. The molecular weight excluding hydrogens is 189 g/mol. The topological polar surface area (TPSA) is 69.9 Å². The fraction of sp³-hybridized carbons (Fsp3) is 0.111. The Morgan fingerprint density at radius 1 is 1.43 bits per heavy atom. The van der Waals surface area contributed by atoms with Crippen molar-refractivity contribution in [3.8, 4) is 0 Å². The van der Waals surface area contributed by atoms with E-state index in [1.807, 2.05) is 0 Å². The van der Waals surface area contributed by atoms with Crippen molar-refractivity contribution in [2.45, 2.75) is 6.42 Å². The van der Waals surface area contributed by atoms with E-state index in [2.05, 4.69) is 5.16 Å². The molecule has 0 aliphatic rings. The number of halogens is 1. The molecule has 0 unspecified atom stereocenters. The van der Waals surface area contributed by atoms with Crippen LogP contribution in [-0.4, -0.2) is 22.0 Å². The van der Waals surface area contributed by atoms with Gasteiger partial charge in [-0.3, -0.25) is 4.79 Å². The van der Waals surface area contributed by atoms with Gasteiger partial charge in [0.15, 0.2) is 0 Å². The maximum atomic E-state index is 13.1. The van der Waals surface area contributed by atoms with Gasteiger partial charge in [0.1, 0.15) is 11.5 Å². The molecule has 5 heteroatoms. The fourth-order valence-electron chi connectivity index (χ4n) is 1.02. The molecule has 0 heterocycles. The number of rotatable bonds is 3. The van der Waals surface area contributed by atoms with Crippen molar-refractivity contribution in [2.24, 2.45) is 5.16 Å². The Hall–Kier alpha value is -1.91. The van der Waals surface area contributed by atoms with Crippen LogP contribution in [0.15, 0.2) is 29.4 Å². The largest absolute Gasteiger partial charge is 0.481 e. The van der Waals surface area contributed by atoms with Crippen molar-refractivity contribution in [3.05, 3.63) is 35.6 Å². The van der Waals surface area contributed by atoms with Crippen LogP contribution < -0.4 is 0 Å². The predicted molar refractivity (Wildman–Crippen MR) is 47.0 cm³/mol. The van der Waals surface area contributed by atoms with Crippen molar-refractivity contribution in [3.63, 3.8) is 0 Å². The summed E-state index contributed by atoms with van der Waals surface area (Å²) in [5, 5.41) is 19.7. The smallest absolute Gasteiger partial charge is 0.309 e. The zero-order chi connectivity index (χ0) is 10.6. The highest BCUT2D eigenvalue weighted by atomic mass is 19.1. The number of hydrogen-bond donors (Lipinski definition) is 2. The van der Waals surface area contributed by atoms with E-state index in [4.69, 9.17) is 10.3 Å². The molecule has 0 radical (unpaired) electrons. The summed E-state index contributed by atoms with van der Waals surface area (Å²) < 4.78 is 13.1. The van der Waals surface area contributed by atoms with Gasteiger partial charge >= 0.3 is 5.97 Å². The molecule has 74 valence electrons. The predicted octanol–water partition coefficient (Wildman–Crippen LogP) is 1.48. The van der Waals surface area contributed by atoms with Gasteiger partial charge in [0.05, 0.1) is 6.42 Å². The molecule has 0 bridgehead atoms. The van der Waals surface area contributed by atoms with E-state index in [9.17, 15) is 9.18 Å². The molecule has 0 atom stereocenters. The molecule has 14 heavy (non-hydrogen) atoms. The third-order valence-electron chi connectivity index (χ3n) is 1.62. The fourth-order valence-corrected chi connectivity index (χ4v) is 1.02. The molecule has 0 spiro atoms. The van der Waals surface area contributed by atoms with Gasteiger partial charge in [0.2, 0.25) is 0 Å². The van der Waals surface area contributed by atoms with Crippen molar-refractivity contribution in [2.75, 3.05) is 0 Å². The van der Waals surface area contributed by atoms with Gasteiger partial charge in [-0.25, -0.2) is 4.39 Å². The van der Waals surface area contributed by atoms with Gasteiger partial charge in [-0.2, -0.15) is 0 Å². The van der Waals surface area contributed by atoms with Crippen LogP contribution in [0.25, 0.3) is 0 Å². The molecule has 1 aromatic rings. The summed E-state index contributed by atoms with van der Waals surface area (Å²) in [6.45, 7) is 0. The summed E-state index contributed by atoms with van der Waals surface area (Å²) in [6.07, 6.45) is -0.516. The van der Waals surface area contributed by atoms with Crippen LogP contribution in [0.3, 0.4) is 0 Å². The zero-order valence-corrected chi connectivity index (χ0v) is 7.14. The molecule has 0 aliphatic carbocycles. The Bertz CT molecular complexity index is 376. The summed E-state index contributed by atoms with van der Waals surface area (Å²) in [5.74, 6) is -1.79. The lowest BCUT2D eigenvalue weighted by Crippen LogP contribution is -2.10. The lowest BCUT2D eigenvalue weighted by Gasteiger charge is -2.02. The van der Waals surface area contributed by atoms with E-state index in [0.29, 0.717) is 0 Å². The quantitative estimate of drug-likeness (QED) is 0.438. The Balaban J connectivity index is 3.02. The van der Waals surface area contributed by atoms with Crippen LogP contribution in [0.5, 0.6) is 0 Å². The van der Waals surface area contributed by atoms with E-state index < -0.39 is 18.2 Å². The molecule has 0 saturated heterocycles. The summed E-state index contributed by atoms with van der Waals surface area (Å²) in [6, 6.07) is 5.52. The second kappa shape index (κ2) is 4.36. The van der Waals surface area contributed by atoms with Crippen molar-refractivity contribution < 1.29 is 19.5 Å². The second-order valence-electron chi connectivity index (χ2n) is 2.60. The molecule has 0 fully saturated rings. The lowest BCUT2D eigenvalue weighted by molar-refractivity contribution is -0.135. The van der Waals surface area contributed by atoms with E-state index in [1.54, 1.807) is 0 Å². The highest BCUT2D eigenvalue weighted by Crippen LogP contribution is 2.09. The van der Waals surface area contributed by atoms with Gasteiger partial charge in [-0.05, 0) is 6.07 Å². The van der Waals surface area contributed by atoms with Crippen molar-refractivity contribution in [1.82, 2.24) is 0 Å². The minimum atomic E-state index is -1.18. The Morgan fingerprint density at radius 3 is 2.57 bits per heavy atom. The number of carboxylic acid groups (broad SMARTS) is 1. The minimum absolute atomic E-state index is 0.00241. The first-order chi connectivity index (χ1) is 6.65. The van der Waals surface area contributed by atoms with Crippen LogP contribution >= 0.6 is 0 Å². The molecule has 1 aromatic carbocycles. The van der Waals surface area contributed by atoms with E-state index in [0.717, 1.165) is 0 Å². The molecule has 1 rings (SSSR count). The Kier molecular flexibility index (Phi) is 3.17. The van der Waals surface area contributed by atoms with Crippen LogP contribution in [-0.2, 0) is 4.79 Å². The molecule has 0 amide bonds. The molecule has 0 saturated carbocycles. The van der Waals surface area contributed by atoms with Crippen LogP contribution in [0, 0.1) is 5.82 Å². The number of aliphatic carboxylic acids is 1. The number of nitrogens with zero attached hydrogens (tertiary/aromatic N) is 1. The average molecular weight is 197 g/mol. The molecule has 4 nitrogen and oxygen atoms in total. The molecular formula is C9H8FNO3. The van der Waals surface area contributed by atoms with Crippen molar-refractivity contribution >= 4 is 11.7 Å². The van der Waals surface area contributed by atoms with Gasteiger partial charge in [-0.1, -0.05) is 23.4 Å². The SMILES string of the molecule is O=C(O)C/C(=N/O)c1ccccc1F. The zero-order valence-electron chi connectivity index (χ0n) is 7.14. The average Bonchev–Trinajstić information content (AvgIpc) is 2.15.